The maximum absolute atomic E-state index is 12.6. The average Bonchev–Trinajstić information content (AvgIpc) is 3.59. The highest BCUT2D eigenvalue weighted by Gasteiger charge is 2.28. The van der Waals surface area contributed by atoms with Crippen LogP contribution >= 0.6 is 11.6 Å². The van der Waals surface area contributed by atoms with Crippen molar-refractivity contribution in [2.24, 2.45) is 0 Å². The number of anilines is 2. The van der Waals surface area contributed by atoms with Crippen molar-refractivity contribution in [2.45, 2.75) is 36.7 Å². The van der Waals surface area contributed by atoms with Gasteiger partial charge in [0.25, 0.3) is 5.91 Å². The fourth-order valence-corrected chi connectivity index (χ4v) is 4.79. The SMILES string of the molecule is C[C@@H](Nc1ccc(NC(=O)c2ccc(S(=O)(=O)NC3CC3)cc2)cc1Cl)c1ccccc1. The summed E-state index contributed by atoms with van der Waals surface area (Å²) in [6.07, 6.45) is 1.73. The van der Waals surface area contributed by atoms with Gasteiger partial charge in [-0.05, 0) is 67.8 Å². The zero-order valence-electron chi connectivity index (χ0n) is 17.5. The van der Waals surface area contributed by atoms with Gasteiger partial charge in [-0.2, -0.15) is 0 Å². The third kappa shape index (κ3) is 5.48. The Hall–Kier alpha value is -2.87. The molecular formula is C24H24ClN3O3S. The molecule has 3 aromatic rings. The van der Waals surface area contributed by atoms with Crippen molar-refractivity contribution in [3.8, 4) is 0 Å². The van der Waals surface area contributed by atoms with Crippen LogP contribution in [0.2, 0.25) is 5.02 Å². The molecule has 1 amide bonds. The van der Waals surface area contributed by atoms with Gasteiger partial charge in [0.2, 0.25) is 10.0 Å². The Labute approximate surface area is 193 Å². The minimum atomic E-state index is -3.55. The van der Waals surface area contributed by atoms with E-state index in [4.69, 9.17) is 11.6 Å². The first-order valence-electron chi connectivity index (χ1n) is 10.4. The van der Waals surface area contributed by atoms with Gasteiger partial charge in [0.15, 0.2) is 0 Å². The molecule has 166 valence electrons. The standard InChI is InChI=1S/C24H24ClN3O3S/c1-16(17-5-3-2-4-6-17)26-23-14-11-20(15-22(23)25)27-24(29)18-7-12-21(13-8-18)32(30,31)28-19-9-10-19/h2-8,11-16,19,26,28H,9-10H2,1H3,(H,27,29)/t16-/m1/s1. The van der Waals surface area contributed by atoms with Gasteiger partial charge in [0.1, 0.15) is 0 Å². The molecule has 3 N–H and O–H groups in total. The van der Waals surface area contributed by atoms with E-state index in [1.54, 1.807) is 12.1 Å². The molecule has 1 aliphatic rings. The molecule has 1 fully saturated rings. The molecule has 0 bridgehead atoms. The fourth-order valence-electron chi connectivity index (χ4n) is 3.25. The van der Waals surface area contributed by atoms with E-state index in [2.05, 4.69) is 15.4 Å². The normalized spacial score (nSPS) is 14.6. The molecule has 0 aliphatic heterocycles. The van der Waals surface area contributed by atoms with E-state index < -0.39 is 10.0 Å². The van der Waals surface area contributed by atoms with Crippen molar-refractivity contribution in [1.82, 2.24) is 4.72 Å². The summed E-state index contributed by atoms with van der Waals surface area (Å²) in [7, 11) is -3.55. The maximum atomic E-state index is 12.6. The summed E-state index contributed by atoms with van der Waals surface area (Å²) in [5.74, 6) is -0.349. The summed E-state index contributed by atoms with van der Waals surface area (Å²) >= 11 is 6.42. The summed E-state index contributed by atoms with van der Waals surface area (Å²) in [4.78, 5) is 12.7. The molecule has 0 heterocycles. The number of benzene rings is 3. The molecular weight excluding hydrogens is 446 g/mol. The van der Waals surface area contributed by atoms with Gasteiger partial charge < -0.3 is 10.6 Å². The Morgan fingerprint density at radius 3 is 2.31 bits per heavy atom. The van der Waals surface area contributed by atoms with Crippen LogP contribution < -0.4 is 15.4 Å². The van der Waals surface area contributed by atoms with Crippen LogP contribution in [0.3, 0.4) is 0 Å². The molecule has 1 saturated carbocycles. The topological polar surface area (TPSA) is 87.3 Å². The van der Waals surface area contributed by atoms with Crippen LogP contribution in [-0.2, 0) is 10.0 Å². The molecule has 0 spiro atoms. The van der Waals surface area contributed by atoms with Crippen molar-refractivity contribution in [3.05, 3.63) is 88.9 Å². The zero-order valence-corrected chi connectivity index (χ0v) is 19.1. The first-order valence-corrected chi connectivity index (χ1v) is 12.2. The summed E-state index contributed by atoms with van der Waals surface area (Å²) in [5, 5.41) is 6.65. The van der Waals surface area contributed by atoms with E-state index in [9.17, 15) is 13.2 Å². The minimum Gasteiger partial charge on any atom is -0.377 e. The Morgan fingerprint density at radius 1 is 1.00 bits per heavy atom. The van der Waals surface area contributed by atoms with Gasteiger partial charge in [-0.3, -0.25) is 4.79 Å². The number of nitrogens with one attached hydrogen (secondary N) is 3. The second-order valence-corrected chi connectivity index (χ2v) is 9.97. The van der Waals surface area contributed by atoms with Crippen molar-refractivity contribution < 1.29 is 13.2 Å². The predicted molar refractivity (Wildman–Crippen MR) is 128 cm³/mol. The zero-order chi connectivity index (χ0) is 22.7. The highest BCUT2D eigenvalue weighted by molar-refractivity contribution is 7.89. The lowest BCUT2D eigenvalue weighted by Gasteiger charge is -2.17. The highest BCUT2D eigenvalue weighted by atomic mass is 35.5. The quantitative estimate of drug-likeness (QED) is 0.422. The van der Waals surface area contributed by atoms with E-state index in [1.807, 2.05) is 43.3 Å². The summed E-state index contributed by atoms with van der Waals surface area (Å²) < 4.78 is 27.1. The summed E-state index contributed by atoms with van der Waals surface area (Å²) in [6, 6.07) is 21.2. The minimum absolute atomic E-state index is 0.0286. The third-order valence-corrected chi connectivity index (χ3v) is 7.07. The van der Waals surface area contributed by atoms with Crippen molar-refractivity contribution in [1.29, 1.82) is 0 Å². The lowest BCUT2D eigenvalue weighted by Crippen LogP contribution is -2.25. The fraction of sp³-hybridized carbons (Fsp3) is 0.208. The van der Waals surface area contributed by atoms with Crippen LogP contribution in [0.5, 0.6) is 0 Å². The van der Waals surface area contributed by atoms with Gasteiger partial charge in [0.05, 0.1) is 15.6 Å². The van der Waals surface area contributed by atoms with Crippen LogP contribution in [-0.4, -0.2) is 20.4 Å². The van der Waals surface area contributed by atoms with E-state index >= 15 is 0 Å². The summed E-state index contributed by atoms with van der Waals surface area (Å²) in [6.45, 7) is 2.05. The van der Waals surface area contributed by atoms with E-state index in [1.165, 1.54) is 24.3 Å². The number of halogens is 1. The number of hydrogen-bond donors (Lipinski definition) is 3. The number of rotatable bonds is 8. The largest absolute Gasteiger partial charge is 0.377 e. The molecule has 8 heteroatoms. The third-order valence-electron chi connectivity index (χ3n) is 5.22. The van der Waals surface area contributed by atoms with Crippen LogP contribution in [0.4, 0.5) is 11.4 Å². The average molecular weight is 470 g/mol. The van der Waals surface area contributed by atoms with Gasteiger partial charge in [0, 0.05) is 23.3 Å². The summed E-state index contributed by atoms with van der Waals surface area (Å²) in [5.41, 5.74) is 2.80. The number of amides is 1. The van der Waals surface area contributed by atoms with Crippen LogP contribution in [0.15, 0.2) is 77.7 Å². The first kappa shape index (κ1) is 22.3. The monoisotopic (exact) mass is 469 g/mol. The molecule has 32 heavy (non-hydrogen) atoms. The van der Waals surface area contributed by atoms with Crippen molar-refractivity contribution in [2.75, 3.05) is 10.6 Å². The molecule has 1 atom stereocenters. The molecule has 1 aliphatic carbocycles. The van der Waals surface area contributed by atoms with Gasteiger partial charge in [-0.15, -0.1) is 0 Å². The first-order chi connectivity index (χ1) is 15.3. The number of sulfonamides is 1. The van der Waals surface area contributed by atoms with E-state index in [-0.39, 0.29) is 22.9 Å². The lowest BCUT2D eigenvalue weighted by atomic mass is 10.1. The van der Waals surface area contributed by atoms with Crippen molar-refractivity contribution in [3.63, 3.8) is 0 Å². The second kappa shape index (κ2) is 9.32. The number of carbonyl (C=O) groups excluding carboxylic acids is 1. The molecule has 0 radical (unpaired) electrons. The maximum Gasteiger partial charge on any atom is 0.255 e. The van der Waals surface area contributed by atoms with E-state index in [0.29, 0.717) is 16.3 Å². The second-order valence-electron chi connectivity index (χ2n) is 7.85. The highest BCUT2D eigenvalue weighted by Crippen LogP contribution is 2.29. The Balaban J connectivity index is 1.40. The van der Waals surface area contributed by atoms with Gasteiger partial charge in [-0.25, -0.2) is 13.1 Å². The van der Waals surface area contributed by atoms with Crippen LogP contribution in [0.25, 0.3) is 0 Å². The molecule has 0 unspecified atom stereocenters. The van der Waals surface area contributed by atoms with Gasteiger partial charge in [-0.1, -0.05) is 41.9 Å². The molecule has 0 saturated heterocycles. The van der Waals surface area contributed by atoms with Crippen molar-refractivity contribution >= 4 is 38.9 Å². The van der Waals surface area contributed by atoms with E-state index in [0.717, 1.165) is 24.1 Å². The van der Waals surface area contributed by atoms with Gasteiger partial charge >= 0.3 is 0 Å². The molecule has 0 aromatic heterocycles. The number of hydrogen-bond acceptors (Lipinski definition) is 4. The Morgan fingerprint density at radius 2 is 1.69 bits per heavy atom. The molecule has 3 aromatic carbocycles. The lowest BCUT2D eigenvalue weighted by molar-refractivity contribution is 0.102. The Bertz CT molecular complexity index is 1210. The molecule has 4 rings (SSSR count). The predicted octanol–water partition coefficient (Wildman–Crippen LogP) is 5.21. The van der Waals surface area contributed by atoms with Crippen LogP contribution in [0.1, 0.15) is 41.7 Å². The smallest absolute Gasteiger partial charge is 0.255 e. The van der Waals surface area contributed by atoms with Crippen LogP contribution in [0, 0.1) is 0 Å². The number of carbonyl (C=O) groups is 1. The molecule has 6 nitrogen and oxygen atoms in total. The Kier molecular flexibility index (Phi) is 6.50.